The number of anilines is 1. The summed E-state index contributed by atoms with van der Waals surface area (Å²) in [7, 11) is 1.75. The van der Waals surface area contributed by atoms with Crippen molar-refractivity contribution in [1.82, 2.24) is 29.9 Å². The lowest BCUT2D eigenvalue weighted by Gasteiger charge is -2.07. The largest absolute Gasteiger partial charge is 0.433 e. The Kier molecular flexibility index (Phi) is 3.68. The maximum absolute atomic E-state index is 12.6. The van der Waals surface area contributed by atoms with Crippen LogP contribution in [0.4, 0.5) is 19.1 Å². The van der Waals surface area contributed by atoms with Gasteiger partial charge in [0.25, 0.3) is 0 Å². The van der Waals surface area contributed by atoms with E-state index in [2.05, 4.69) is 30.5 Å². The summed E-state index contributed by atoms with van der Waals surface area (Å²) < 4.78 is 44.3. The van der Waals surface area contributed by atoms with Gasteiger partial charge in [0.2, 0.25) is 17.7 Å². The predicted molar refractivity (Wildman–Crippen MR) is 70.9 cm³/mol. The van der Waals surface area contributed by atoms with E-state index in [-0.39, 0.29) is 18.4 Å². The minimum Gasteiger partial charge on any atom is -0.345 e. The van der Waals surface area contributed by atoms with E-state index < -0.39 is 11.9 Å². The van der Waals surface area contributed by atoms with Crippen LogP contribution in [-0.4, -0.2) is 29.9 Å². The molecule has 0 bridgehead atoms. The van der Waals surface area contributed by atoms with Gasteiger partial charge in [-0.25, -0.2) is 9.97 Å². The van der Waals surface area contributed by atoms with Crippen LogP contribution < -0.4 is 5.32 Å². The molecule has 1 N–H and O–H groups in total. The maximum atomic E-state index is 12.6. The van der Waals surface area contributed by atoms with E-state index in [1.807, 2.05) is 0 Å². The van der Waals surface area contributed by atoms with Crippen molar-refractivity contribution in [1.29, 1.82) is 0 Å². The van der Waals surface area contributed by atoms with Crippen molar-refractivity contribution in [3.05, 3.63) is 36.2 Å². The molecule has 3 rings (SSSR count). The smallest absolute Gasteiger partial charge is 0.345 e. The molecule has 0 atom stereocenters. The van der Waals surface area contributed by atoms with Crippen molar-refractivity contribution in [2.45, 2.75) is 12.7 Å². The highest BCUT2D eigenvalue weighted by Gasteiger charge is 2.32. The molecule has 0 amide bonds. The van der Waals surface area contributed by atoms with Crippen LogP contribution in [0.2, 0.25) is 0 Å². The lowest BCUT2D eigenvalue weighted by Crippen LogP contribution is -2.11. The molecular weight excluding hydrogens is 315 g/mol. The summed E-state index contributed by atoms with van der Waals surface area (Å²) in [5, 5.41) is 10.4. The molecule has 23 heavy (non-hydrogen) atoms. The second kappa shape index (κ2) is 5.66. The summed E-state index contributed by atoms with van der Waals surface area (Å²) in [5.41, 5.74) is -0.366. The number of nitrogens with zero attached hydrogens (tertiary/aromatic N) is 6. The summed E-state index contributed by atoms with van der Waals surface area (Å²) in [6.07, 6.45) is -0.236. The molecule has 3 aromatic rings. The van der Waals surface area contributed by atoms with Gasteiger partial charge in [0.15, 0.2) is 0 Å². The Morgan fingerprint density at radius 2 is 2.13 bits per heavy atom. The van der Waals surface area contributed by atoms with E-state index in [4.69, 9.17) is 4.52 Å². The average molecular weight is 325 g/mol. The monoisotopic (exact) mass is 325 g/mol. The first-order valence-corrected chi connectivity index (χ1v) is 6.37. The quantitative estimate of drug-likeness (QED) is 0.782. The molecule has 0 aliphatic rings. The van der Waals surface area contributed by atoms with Crippen LogP contribution >= 0.6 is 0 Å². The van der Waals surface area contributed by atoms with E-state index in [9.17, 15) is 13.2 Å². The average Bonchev–Trinajstić information content (AvgIpc) is 3.13. The number of hydrogen-bond donors (Lipinski definition) is 1. The van der Waals surface area contributed by atoms with Gasteiger partial charge in [-0.3, -0.25) is 4.68 Å². The fourth-order valence-corrected chi connectivity index (χ4v) is 1.74. The van der Waals surface area contributed by atoms with Crippen LogP contribution in [0.15, 0.2) is 29.2 Å². The van der Waals surface area contributed by atoms with Gasteiger partial charge in [-0.15, -0.1) is 0 Å². The summed E-state index contributed by atoms with van der Waals surface area (Å²) in [5.74, 6) is 0.339. The van der Waals surface area contributed by atoms with E-state index in [1.54, 1.807) is 24.1 Å². The first-order valence-electron chi connectivity index (χ1n) is 6.37. The van der Waals surface area contributed by atoms with Crippen molar-refractivity contribution in [3.63, 3.8) is 0 Å². The molecule has 0 spiro atoms. The lowest BCUT2D eigenvalue weighted by molar-refractivity contribution is -0.141. The third-order valence-corrected chi connectivity index (χ3v) is 2.77. The highest BCUT2D eigenvalue weighted by Crippen LogP contribution is 2.27. The zero-order valence-electron chi connectivity index (χ0n) is 11.7. The molecule has 0 aromatic carbocycles. The Morgan fingerprint density at radius 3 is 2.83 bits per heavy atom. The minimum absolute atomic E-state index is 0.00538. The van der Waals surface area contributed by atoms with Crippen LogP contribution in [0.3, 0.4) is 0 Å². The van der Waals surface area contributed by atoms with Crippen molar-refractivity contribution >= 4 is 5.95 Å². The fraction of sp³-hybridized carbons (Fsp3) is 0.250. The van der Waals surface area contributed by atoms with Crippen LogP contribution in [0, 0.1) is 0 Å². The Bertz CT molecular complexity index is 811. The highest BCUT2D eigenvalue weighted by molar-refractivity contribution is 5.51. The highest BCUT2D eigenvalue weighted by atomic mass is 19.4. The number of halogens is 3. The fourth-order valence-electron chi connectivity index (χ4n) is 1.74. The Hall–Kier alpha value is -2.98. The topological polar surface area (TPSA) is 94.6 Å². The maximum Gasteiger partial charge on any atom is 0.433 e. The van der Waals surface area contributed by atoms with E-state index in [1.165, 1.54) is 0 Å². The number of aromatic nitrogens is 6. The van der Waals surface area contributed by atoms with E-state index >= 15 is 0 Å². The molecule has 0 aliphatic carbocycles. The summed E-state index contributed by atoms with van der Waals surface area (Å²) in [6.45, 7) is -0.00538. The third kappa shape index (κ3) is 3.44. The predicted octanol–water partition coefficient (Wildman–Crippen LogP) is 1.89. The lowest BCUT2D eigenvalue weighted by atomic mass is 10.3. The van der Waals surface area contributed by atoms with Gasteiger partial charge in [-0.05, 0) is 6.07 Å². The van der Waals surface area contributed by atoms with Crippen LogP contribution in [-0.2, 0) is 19.8 Å². The van der Waals surface area contributed by atoms with Crippen molar-refractivity contribution in [2.24, 2.45) is 7.05 Å². The van der Waals surface area contributed by atoms with Crippen molar-refractivity contribution in [2.75, 3.05) is 5.32 Å². The number of aryl methyl sites for hydroxylation is 1. The normalized spacial score (nSPS) is 11.7. The molecule has 3 aromatic heterocycles. The number of hydrogen-bond acceptors (Lipinski definition) is 7. The van der Waals surface area contributed by atoms with Crippen molar-refractivity contribution < 1.29 is 17.7 Å². The van der Waals surface area contributed by atoms with Crippen LogP contribution in [0.25, 0.3) is 11.4 Å². The van der Waals surface area contributed by atoms with Gasteiger partial charge in [-0.2, -0.15) is 23.3 Å². The van der Waals surface area contributed by atoms with Gasteiger partial charge in [0.1, 0.15) is 5.69 Å². The molecule has 8 nitrogen and oxygen atoms in total. The number of rotatable bonds is 4. The summed E-state index contributed by atoms with van der Waals surface area (Å²) >= 11 is 0. The van der Waals surface area contributed by atoms with Gasteiger partial charge in [0, 0.05) is 19.4 Å². The summed E-state index contributed by atoms with van der Waals surface area (Å²) in [6, 6.07) is 0.790. The van der Waals surface area contributed by atoms with E-state index in [0.29, 0.717) is 11.4 Å². The molecule has 0 saturated heterocycles. The zero-order valence-corrected chi connectivity index (χ0v) is 11.7. The molecular formula is C12H10F3N7O. The molecule has 0 fully saturated rings. The van der Waals surface area contributed by atoms with Gasteiger partial charge >= 0.3 is 6.18 Å². The Labute approximate surface area is 127 Å². The Balaban J connectivity index is 1.68. The molecule has 0 aliphatic heterocycles. The Morgan fingerprint density at radius 1 is 1.30 bits per heavy atom. The summed E-state index contributed by atoms with van der Waals surface area (Å²) in [4.78, 5) is 11.2. The molecule has 120 valence electrons. The third-order valence-electron chi connectivity index (χ3n) is 2.77. The zero-order chi connectivity index (χ0) is 16.4. The van der Waals surface area contributed by atoms with Crippen LogP contribution in [0.1, 0.15) is 11.6 Å². The standard InChI is InChI=1S/C12H10F3N7O/c1-22-6-7(4-18-22)10-20-9(23-21-10)5-17-11-16-3-2-8(19-11)12(13,14)15/h2-4,6H,5H2,1H3,(H,16,17,19). The number of nitrogens with one attached hydrogen (secondary N) is 1. The molecule has 0 radical (unpaired) electrons. The molecule has 11 heteroatoms. The SMILES string of the molecule is Cn1cc(-c2noc(CNc3nccc(C(F)(F)F)n3)n2)cn1. The molecule has 0 unspecified atom stereocenters. The van der Waals surface area contributed by atoms with Crippen molar-refractivity contribution in [3.8, 4) is 11.4 Å². The second-order valence-corrected chi connectivity index (χ2v) is 4.53. The molecule has 3 heterocycles. The minimum atomic E-state index is -4.53. The van der Waals surface area contributed by atoms with Gasteiger partial charge in [0.05, 0.1) is 18.3 Å². The number of alkyl halides is 3. The van der Waals surface area contributed by atoms with Crippen LogP contribution in [0.5, 0.6) is 0 Å². The first-order chi connectivity index (χ1) is 10.9. The molecule has 0 saturated carbocycles. The second-order valence-electron chi connectivity index (χ2n) is 4.53. The first kappa shape index (κ1) is 14.9. The van der Waals surface area contributed by atoms with Gasteiger partial charge < -0.3 is 9.84 Å². The van der Waals surface area contributed by atoms with Gasteiger partial charge in [-0.1, -0.05) is 5.16 Å². The van der Waals surface area contributed by atoms with E-state index in [0.717, 1.165) is 12.3 Å².